The Morgan fingerprint density at radius 2 is 1.89 bits per heavy atom. The third-order valence-corrected chi connectivity index (χ3v) is 2.20. The molecule has 0 bridgehead atoms. The number of benzene rings is 1. The number of hydrazone groups is 2. The largest absolute Gasteiger partial charge is 0.378 e. The molecule has 1 rings (SSSR count). The van der Waals surface area contributed by atoms with Crippen LogP contribution in [0.2, 0.25) is 0 Å². The van der Waals surface area contributed by atoms with Crippen molar-refractivity contribution in [1.29, 1.82) is 0 Å². The molecule has 0 amide bonds. The fourth-order valence-corrected chi connectivity index (χ4v) is 1.23. The summed E-state index contributed by atoms with van der Waals surface area (Å²) in [4.78, 5) is 5.93. The van der Waals surface area contributed by atoms with Gasteiger partial charge in [-0.1, -0.05) is 12.1 Å². The molecule has 0 unspecified atom stereocenters. The van der Waals surface area contributed by atoms with Crippen LogP contribution in [0, 0.1) is 0 Å². The van der Waals surface area contributed by atoms with Crippen molar-refractivity contribution in [3.8, 4) is 0 Å². The van der Waals surface area contributed by atoms with Crippen LogP contribution in [-0.2, 0) is 0 Å². The van der Waals surface area contributed by atoms with E-state index in [0.29, 0.717) is 5.96 Å². The molecule has 0 radical (unpaired) electrons. The minimum Gasteiger partial charge on any atom is -0.378 e. The highest BCUT2D eigenvalue weighted by atomic mass is 15.5. The van der Waals surface area contributed by atoms with Gasteiger partial charge in [0.05, 0.1) is 6.21 Å². The summed E-state index contributed by atoms with van der Waals surface area (Å²) in [7, 11) is 5.63. The molecule has 0 aliphatic carbocycles. The van der Waals surface area contributed by atoms with Crippen LogP contribution in [-0.4, -0.2) is 40.0 Å². The average molecular weight is 246 g/mol. The van der Waals surface area contributed by atoms with Gasteiger partial charge in [0, 0.05) is 33.5 Å². The lowest BCUT2D eigenvalue weighted by Gasteiger charge is -2.11. The summed E-state index contributed by atoms with van der Waals surface area (Å²) in [6, 6.07) is 8.03. The molecule has 1 aromatic carbocycles. The van der Waals surface area contributed by atoms with E-state index < -0.39 is 0 Å². The molecule has 0 aromatic heterocycles. The van der Waals surface area contributed by atoms with Gasteiger partial charge in [0.2, 0.25) is 5.96 Å². The molecule has 0 heterocycles. The van der Waals surface area contributed by atoms with Gasteiger partial charge in [0.15, 0.2) is 0 Å². The summed E-state index contributed by atoms with van der Waals surface area (Å²) in [5.41, 5.74) is 7.44. The molecular weight excluding hydrogens is 228 g/mol. The minimum absolute atomic E-state index is 0.436. The topological polar surface area (TPSA) is 64.4 Å². The van der Waals surface area contributed by atoms with E-state index in [0.717, 1.165) is 11.3 Å². The number of hydrogen-bond donors (Lipinski definition) is 2. The Morgan fingerprint density at radius 3 is 2.39 bits per heavy atom. The molecule has 0 spiro atoms. The molecule has 2 N–H and O–H groups in total. The lowest BCUT2D eigenvalue weighted by Crippen LogP contribution is -2.30. The summed E-state index contributed by atoms with van der Waals surface area (Å²) < 4.78 is 0. The van der Waals surface area contributed by atoms with Crippen molar-refractivity contribution in [2.45, 2.75) is 0 Å². The minimum atomic E-state index is 0.436. The summed E-state index contributed by atoms with van der Waals surface area (Å²) in [6.45, 7) is 3.30. The van der Waals surface area contributed by atoms with Crippen molar-refractivity contribution < 1.29 is 0 Å². The number of nitrogens with one attached hydrogen (secondary N) is 2. The Morgan fingerprint density at radius 1 is 1.22 bits per heavy atom. The van der Waals surface area contributed by atoms with Crippen LogP contribution in [0.1, 0.15) is 5.56 Å². The van der Waals surface area contributed by atoms with Crippen molar-refractivity contribution in [1.82, 2.24) is 10.9 Å². The Labute approximate surface area is 107 Å². The van der Waals surface area contributed by atoms with E-state index >= 15 is 0 Å². The molecule has 96 valence electrons. The molecule has 0 atom stereocenters. The number of hydrogen-bond acceptors (Lipinski definition) is 4. The number of guanidine groups is 1. The Bertz CT molecular complexity index is 432. The zero-order valence-corrected chi connectivity index (χ0v) is 10.9. The Kier molecular flexibility index (Phi) is 5.37. The molecule has 6 nitrogen and oxygen atoms in total. The van der Waals surface area contributed by atoms with Gasteiger partial charge >= 0.3 is 0 Å². The maximum atomic E-state index is 4.04. The second-order valence-corrected chi connectivity index (χ2v) is 3.70. The predicted molar refractivity (Wildman–Crippen MR) is 77.5 cm³/mol. The van der Waals surface area contributed by atoms with Gasteiger partial charge in [-0.2, -0.15) is 10.2 Å². The molecule has 18 heavy (non-hydrogen) atoms. The standard InChI is InChI=1S/C12H18N6/c1-13-12(16-14-2)17-15-9-10-5-7-11(8-6-10)18(3)4/h5-9H,2H2,1,3-4H3,(H2,13,16,17)/b15-9+. The van der Waals surface area contributed by atoms with E-state index in [-0.39, 0.29) is 0 Å². The summed E-state index contributed by atoms with van der Waals surface area (Å²) in [5.74, 6) is 0.436. The predicted octanol–water partition coefficient (Wildman–Crippen LogP) is 0.867. The molecule has 0 fully saturated rings. The van der Waals surface area contributed by atoms with Gasteiger partial charge in [-0.25, -0.2) is 10.9 Å². The third-order valence-electron chi connectivity index (χ3n) is 2.20. The molecule has 6 heteroatoms. The molecule has 1 aromatic rings. The Balaban J connectivity index is 2.59. The lowest BCUT2D eigenvalue weighted by molar-refractivity contribution is 0.902. The normalized spacial score (nSPS) is 11.4. The van der Waals surface area contributed by atoms with E-state index in [1.54, 1.807) is 13.3 Å². The van der Waals surface area contributed by atoms with Gasteiger partial charge in [0.1, 0.15) is 0 Å². The van der Waals surface area contributed by atoms with Crippen LogP contribution in [0.4, 0.5) is 5.69 Å². The molecule has 0 aliphatic heterocycles. The summed E-state index contributed by atoms with van der Waals surface area (Å²) in [6.07, 6.45) is 1.70. The van der Waals surface area contributed by atoms with E-state index in [2.05, 4.69) is 32.8 Å². The fourth-order valence-electron chi connectivity index (χ4n) is 1.23. The second-order valence-electron chi connectivity index (χ2n) is 3.70. The van der Waals surface area contributed by atoms with Crippen LogP contribution >= 0.6 is 0 Å². The van der Waals surface area contributed by atoms with Crippen molar-refractivity contribution in [2.24, 2.45) is 15.2 Å². The van der Waals surface area contributed by atoms with Crippen molar-refractivity contribution in [3.05, 3.63) is 29.8 Å². The van der Waals surface area contributed by atoms with Crippen LogP contribution in [0.25, 0.3) is 0 Å². The van der Waals surface area contributed by atoms with Crippen molar-refractivity contribution in [2.75, 3.05) is 26.0 Å². The van der Waals surface area contributed by atoms with Crippen LogP contribution in [0.15, 0.2) is 39.5 Å². The van der Waals surface area contributed by atoms with E-state index in [1.807, 2.05) is 43.3 Å². The first-order valence-corrected chi connectivity index (χ1v) is 5.42. The van der Waals surface area contributed by atoms with Gasteiger partial charge in [0.25, 0.3) is 0 Å². The van der Waals surface area contributed by atoms with E-state index in [4.69, 9.17) is 0 Å². The highest BCUT2D eigenvalue weighted by Crippen LogP contribution is 2.10. The maximum absolute atomic E-state index is 4.04. The Hall–Kier alpha value is -2.37. The third kappa shape index (κ3) is 4.25. The zero-order chi connectivity index (χ0) is 13.4. The molecule has 0 saturated heterocycles. The maximum Gasteiger partial charge on any atom is 0.232 e. The second kappa shape index (κ2) is 7.05. The van der Waals surface area contributed by atoms with Crippen molar-refractivity contribution >= 4 is 24.6 Å². The number of aliphatic imine (C=N–C) groups is 1. The number of anilines is 1. The van der Waals surface area contributed by atoms with E-state index in [1.165, 1.54) is 0 Å². The number of nitrogens with zero attached hydrogens (tertiary/aromatic N) is 4. The molecule has 0 saturated carbocycles. The first kappa shape index (κ1) is 13.7. The average Bonchev–Trinajstić information content (AvgIpc) is 2.38. The van der Waals surface area contributed by atoms with E-state index in [9.17, 15) is 0 Å². The van der Waals surface area contributed by atoms with Gasteiger partial charge in [-0.3, -0.25) is 4.99 Å². The van der Waals surface area contributed by atoms with Crippen molar-refractivity contribution in [3.63, 3.8) is 0 Å². The van der Waals surface area contributed by atoms with Gasteiger partial charge in [-0.05, 0) is 17.7 Å². The SMILES string of the molecule is C=NNC(=NC)N/N=C/c1ccc(N(C)C)cc1. The van der Waals surface area contributed by atoms with Gasteiger partial charge < -0.3 is 4.90 Å². The fraction of sp³-hybridized carbons (Fsp3) is 0.250. The number of rotatable bonds is 4. The first-order chi connectivity index (χ1) is 8.67. The highest BCUT2D eigenvalue weighted by Gasteiger charge is 1.94. The smallest absolute Gasteiger partial charge is 0.232 e. The van der Waals surface area contributed by atoms with Gasteiger partial charge in [-0.15, -0.1) is 0 Å². The summed E-state index contributed by atoms with van der Waals surface area (Å²) in [5, 5.41) is 7.53. The monoisotopic (exact) mass is 246 g/mol. The first-order valence-electron chi connectivity index (χ1n) is 5.42. The quantitative estimate of drug-likeness (QED) is 0.470. The molecule has 0 aliphatic rings. The lowest BCUT2D eigenvalue weighted by atomic mass is 10.2. The highest BCUT2D eigenvalue weighted by molar-refractivity contribution is 5.84. The van der Waals surface area contributed by atoms with Crippen LogP contribution in [0.5, 0.6) is 0 Å². The van der Waals surface area contributed by atoms with Crippen LogP contribution < -0.4 is 15.8 Å². The summed E-state index contributed by atoms with van der Waals surface area (Å²) >= 11 is 0. The van der Waals surface area contributed by atoms with Crippen LogP contribution in [0.3, 0.4) is 0 Å². The molecular formula is C12H18N6. The zero-order valence-electron chi connectivity index (χ0n) is 10.9.